The van der Waals surface area contributed by atoms with Crippen LogP contribution in [-0.4, -0.2) is 76.2 Å². The lowest BCUT2D eigenvalue weighted by Gasteiger charge is -2.39. The molecule has 6 atom stereocenters. The smallest absolute Gasteiger partial charge is 0.312 e. The number of ether oxygens (including phenoxy) is 2. The Bertz CT molecular complexity index is 1070. The van der Waals surface area contributed by atoms with Gasteiger partial charge in [0.2, 0.25) is 11.8 Å². The number of amides is 2. The van der Waals surface area contributed by atoms with Crippen molar-refractivity contribution < 1.29 is 29.0 Å². The number of nitrogens with zero attached hydrogens (tertiary/aromatic N) is 2. The first kappa shape index (κ1) is 30.0. The highest BCUT2D eigenvalue weighted by Gasteiger charge is 2.75. The predicted octanol–water partition coefficient (Wildman–Crippen LogP) is 3.88. The minimum Gasteiger partial charge on any atom is -0.465 e. The number of unbranched alkanes of at least 4 members (excludes halogenated alkanes) is 2. The van der Waals surface area contributed by atoms with Crippen molar-refractivity contribution in [3.8, 4) is 0 Å². The molecule has 8 nitrogen and oxygen atoms in total. The molecule has 3 aliphatic rings. The Morgan fingerprint density at radius 1 is 1.23 bits per heavy atom. The minimum absolute atomic E-state index is 0.181. The van der Waals surface area contributed by atoms with Crippen LogP contribution in [-0.2, 0) is 30.4 Å². The molecule has 1 aromatic rings. The van der Waals surface area contributed by atoms with Gasteiger partial charge in [-0.25, -0.2) is 0 Å². The van der Waals surface area contributed by atoms with Gasteiger partial charge in [-0.2, -0.15) is 0 Å². The minimum atomic E-state index is -1.13. The topological polar surface area (TPSA) is 96.4 Å². The number of carbonyl (C=O) groups is 3. The number of allylic oxidation sites excluding steroid dienone is 1. The second-order valence-electron chi connectivity index (χ2n) is 11.7. The van der Waals surface area contributed by atoms with Gasteiger partial charge in [-0.3, -0.25) is 14.4 Å². The van der Waals surface area contributed by atoms with E-state index in [1.807, 2.05) is 50.3 Å². The van der Waals surface area contributed by atoms with E-state index in [2.05, 4.69) is 13.2 Å². The van der Waals surface area contributed by atoms with Crippen molar-refractivity contribution in [2.24, 2.45) is 17.8 Å². The molecular weight excluding hydrogens is 508 g/mol. The van der Waals surface area contributed by atoms with E-state index in [1.165, 1.54) is 0 Å². The van der Waals surface area contributed by atoms with Gasteiger partial charge in [-0.1, -0.05) is 56.3 Å². The summed E-state index contributed by atoms with van der Waals surface area (Å²) in [5.41, 5.74) is -0.177. The molecule has 218 valence electrons. The zero-order valence-electron chi connectivity index (χ0n) is 23.9. The van der Waals surface area contributed by atoms with E-state index >= 15 is 0 Å². The Labute approximate surface area is 238 Å². The molecule has 3 heterocycles. The summed E-state index contributed by atoms with van der Waals surface area (Å²) in [4.78, 5) is 45.4. The van der Waals surface area contributed by atoms with Crippen molar-refractivity contribution in [3.63, 3.8) is 0 Å². The molecule has 2 bridgehead atoms. The van der Waals surface area contributed by atoms with E-state index in [9.17, 15) is 19.5 Å². The van der Waals surface area contributed by atoms with Crippen LogP contribution in [0.25, 0.3) is 0 Å². The highest BCUT2D eigenvalue weighted by molar-refractivity contribution is 5.98. The van der Waals surface area contributed by atoms with Crippen molar-refractivity contribution in [2.45, 2.75) is 82.7 Å². The molecular formula is C32H44N2O6. The number of fused-ring (bicyclic) bond motifs is 1. The van der Waals surface area contributed by atoms with E-state index in [4.69, 9.17) is 9.47 Å². The molecule has 4 rings (SSSR count). The van der Waals surface area contributed by atoms with Crippen molar-refractivity contribution in [1.82, 2.24) is 9.80 Å². The third-order valence-electron chi connectivity index (χ3n) is 8.52. The summed E-state index contributed by atoms with van der Waals surface area (Å²) in [5.74, 6) is -2.38. The molecule has 1 N–H and O–H groups in total. The van der Waals surface area contributed by atoms with E-state index in [0.717, 1.165) is 18.4 Å². The Morgan fingerprint density at radius 3 is 2.62 bits per heavy atom. The second kappa shape index (κ2) is 13.1. The summed E-state index contributed by atoms with van der Waals surface area (Å²) in [6.07, 6.45) is 7.06. The van der Waals surface area contributed by atoms with Gasteiger partial charge in [0.1, 0.15) is 11.6 Å². The van der Waals surface area contributed by atoms with Crippen LogP contribution in [0.4, 0.5) is 0 Å². The number of aliphatic hydroxyl groups is 1. The molecule has 3 aliphatic heterocycles. The van der Waals surface area contributed by atoms with E-state index < -0.39 is 41.6 Å². The van der Waals surface area contributed by atoms with Gasteiger partial charge in [0.15, 0.2) is 0 Å². The average Bonchev–Trinajstić information content (AvgIpc) is 3.59. The number of benzene rings is 1. The number of rotatable bonds is 15. The standard InChI is InChI=1S/C32H44N2O6/c1-5-7-8-12-18-39-31(38)26-25-15-16-32(40-25)27(26)29(36)34(24(21-35)19-22(3)4)28(32)30(37)33(17-6-2)20-23-13-10-9-11-14-23/h5-6,9-11,13-14,22,24-28,35H,1-2,7-8,12,15-21H2,3-4H3/t24-,25-,26+,27+,28?,32?/m1/s1. The fraction of sp³-hybridized carbons (Fsp3) is 0.594. The van der Waals surface area contributed by atoms with Crippen molar-refractivity contribution in [1.29, 1.82) is 0 Å². The lowest BCUT2D eigenvalue weighted by atomic mass is 9.70. The number of aliphatic hydroxyl groups excluding tert-OH is 1. The van der Waals surface area contributed by atoms with Crippen LogP contribution in [0.5, 0.6) is 0 Å². The Hall–Kier alpha value is -2.97. The van der Waals surface area contributed by atoms with E-state index in [1.54, 1.807) is 15.9 Å². The maximum absolute atomic E-state index is 14.5. The lowest BCUT2D eigenvalue weighted by molar-refractivity contribution is -0.157. The SMILES string of the molecule is C=CCCCCOC(=O)[C@@H]1[C@H]2C(=O)N([C@@H](CO)CC(C)C)C(C(=O)N(CC=C)Cc3ccccc3)C23CC[C@H]1O3. The lowest BCUT2D eigenvalue weighted by Crippen LogP contribution is -2.58. The van der Waals surface area contributed by atoms with Gasteiger partial charge in [-0.05, 0) is 50.0 Å². The maximum atomic E-state index is 14.5. The normalized spacial score (nSPS) is 27.5. The number of hydrogen-bond acceptors (Lipinski definition) is 6. The summed E-state index contributed by atoms with van der Waals surface area (Å²) in [6, 6.07) is 8.16. The van der Waals surface area contributed by atoms with Gasteiger partial charge in [-0.15, -0.1) is 13.2 Å². The molecule has 3 saturated heterocycles. The van der Waals surface area contributed by atoms with E-state index in [0.29, 0.717) is 38.8 Å². The molecule has 1 aromatic carbocycles. The average molecular weight is 553 g/mol. The van der Waals surface area contributed by atoms with Crippen LogP contribution in [0.2, 0.25) is 0 Å². The van der Waals surface area contributed by atoms with Crippen LogP contribution in [0.15, 0.2) is 55.6 Å². The van der Waals surface area contributed by atoms with Gasteiger partial charge in [0.05, 0.1) is 37.2 Å². The molecule has 2 amide bonds. The van der Waals surface area contributed by atoms with Crippen molar-refractivity contribution >= 4 is 17.8 Å². The molecule has 0 saturated carbocycles. The Balaban J connectivity index is 1.68. The summed E-state index contributed by atoms with van der Waals surface area (Å²) in [6.45, 7) is 12.2. The number of esters is 1. The van der Waals surface area contributed by atoms with Crippen LogP contribution in [0.3, 0.4) is 0 Å². The zero-order chi connectivity index (χ0) is 28.9. The van der Waals surface area contributed by atoms with Gasteiger partial charge >= 0.3 is 5.97 Å². The highest BCUT2D eigenvalue weighted by atomic mass is 16.6. The van der Waals surface area contributed by atoms with E-state index in [-0.39, 0.29) is 30.9 Å². The summed E-state index contributed by atoms with van der Waals surface area (Å²) in [5, 5.41) is 10.4. The largest absolute Gasteiger partial charge is 0.465 e. The first-order chi connectivity index (χ1) is 19.3. The Kier molecular flexibility index (Phi) is 9.85. The molecule has 0 radical (unpaired) electrons. The first-order valence-electron chi connectivity index (χ1n) is 14.6. The number of carbonyl (C=O) groups excluding carboxylic acids is 3. The number of hydrogen-bond donors (Lipinski definition) is 1. The molecule has 0 aromatic heterocycles. The summed E-state index contributed by atoms with van der Waals surface area (Å²) < 4.78 is 12.2. The van der Waals surface area contributed by atoms with Gasteiger partial charge < -0.3 is 24.4 Å². The van der Waals surface area contributed by atoms with Gasteiger partial charge in [0.25, 0.3) is 0 Å². The molecule has 3 fully saturated rings. The predicted molar refractivity (Wildman–Crippen MR) is 152 cm³/mol. The first-order valence-corrected chi connectivity index (χ1v) is 14.6. The molecule has 2 unspecified atom stereocenters. The Morgan fingerprint density at radius 2 is 1.98 bits per heavy atom. The quantitative estimate of drug-likeness (QED) is 0.202. The van der Waals surface area contributed by atoms with Gasteiger partial charge in [0, 0.05) is 13.1 Å². The monoisotopic (exact) mass is 552 g/mol. The third-order valence-corrected chi connectivity index (χ3v) is 8.52. The van der Waals surface area contributed by atoms with Crippen molar-refractivity contribution in [3.05, 3.63) is 61.2 Å². The fourth-order valence-corrected chi connectivity index (χ4v) is 6.88. The highest BCUT2D eigenvalue weighted by Crippen LogP contribution is 2.59. The van der Waals surface area contributed by atoms with Crippen LogP contribution < -0.4 is 0 Å². The molecule has 40 heavy (non-hydrogen) atoms. The fourth-order valence-electron chi connectivity index (χ4n) is 6.88. The van der Waals surface area contributed by atoms with Crippen LogP contribution in [0, 0.1) is 17.8 Å². The summed E-state index contributed by atoms with van der Waals surface area (Å²) in [7, 11) is 0. The van der Waals surface area contributed by atoms with Crippen LogP contribution >= 0.6 is 0 Å². The molecule has 0 aliphatic carbocycles. The maximum Gasteiger partial charge on any atom is 0.312 e. The second-order valence-corrected chi connectivity index (χ2v) is 11.7. The van der Waals surface area contributed by atoms with Crippen molar-refractivity contribution in [2.75, 3.05) is 19.8 Å². The number of likely N-dealkylation sites (tertiary alicyclic amines) is 1. The zero-order valence-corrected chi connectivity index (χ0v) is 23.9. The van der Waals surface area contributed by atoms with Crippen LogP contribution in [0.1, 0.15) is 57.9 Å². The molecule has 8 heteroatoms. The summed E-state index contributed by atoms with van der Waals surface area (Å²) >= 11 is 0. The molecule has 1 spiro atoms. The third kappa shape index (κ3) is 5.75.